The highest BCUT2D eigenvalue weighted by atomic mass is 32.1. The molecule has 2 aromatic carbocycles. The third-order valence-electron chi connectivity index (χ3n) is 5.14. The second-order valence-electron chi connectivity index (χ2n) is 7.27. The molecule has 0 N–H and O–H groups in total. The number of para-hydroxylation sites is 1. The molecule has 1 aliphatic carbocycles. The maximum atomic E-state index is 13.3. The van der Waals surface area contributed by atoms with Gasteiger partial charge in [0, 0.05) is 12.6 Å². The van der Waals surface area contributed by atoms with Crippen molar-refractivity contribution < 1.29 is 19.0 Å². The normalized spacial score (nSPS) is 13.0. The van der Waals surface area contributed by atoms with Gasteiger partial charge >= 0.3 is 0 Å². The predicted molar refractivity (Wildman–Crippen MR) is 118 cm³/mol. The molecule has 1 heterocycles. The van der Waals surface area contributed by atoms with Crippen LogP contribution < -0.4 is 14.2 Å². The summed E-state index contributed by atoms with van der Waals surface area (Å²) in [5.74, 6) is 1.83. The molecule has 5 nitrogen and oxygen atoms in total. The first-order valence-electron chi connectivity index (χ1n) is 9.94. The van der Waals surface area contributed by atoms with Crippen molar-refractivity contribution in [1.82, 2.24) is 4.90 Å². The number of thiophene rings is 1. The SMILES string of the molecule is COc1cccc(C(=O)N(Cc2ccc(OCc3ccsc3)cc2)C2CC2)c1OC. The van der Waals surface area contributed by atoms with E-state index in [4.69, 9.17) is 14.2 Å². The summed E-state index contributed by atoms with van der Waals surface area (Å²) in [7, 11) is 3.14. The van der Waals surface area contributed by atoms with Gasteiger partial charge in [-0.2, -0.15) is 11.3 Å². The minimum atomic E-state index is -0.0361. The molecule has 4 rings (SSSR count). The Morgan fingerprint density at radius 3 is 2.47 bits per heavy atom. The van der Waals surface area contributed by atoms with Crippen molar-refractivity contribution in [3.8, 4) is 17.2 Å². The van der Waals surface area contributed by atoms with Crippen molar-refractivity contribution in [2.75, 3.05) is 14.2 Å². The third kappa shape index (κ3) is 4.60. The number of benzene rings is 2. The van der Waals surface area contributed by atoms with Gasteiger partial charge in [-0.1, -0.05) is 18.2 Å². The summed E-state index contributed by atoms with van der Waals surface area (Å²) in [6.07, 6.45) is 2.06. The number of nitrogens with zero attached hydrogens (tertiary/aromatic N) is 1. The molecule has 1 aromatic heterocycles. The topological polar surface area (TPSA) is 48.0 Å². The van der Waals surface area contributed by atoms with Gasteiger partial charge in [0.1, 0.15) is 12.4 Å². The van der Waals surface area contributed by atoms with Crippen molar-refractivity contribution >= 4 is 17.2 Å². The van der Waals surface area contributed by atoms with Crippen LogP contribution in [0.1, 0.15) is 34.3 Å². The average molecular weight is 424 g/mol. The van der Waals surface area contributed by atoms with Crippen molar-refractivity contribution in [3.05, 3.63) is 76.0 Å². The van der Waals surface area contributed by atoms with Crippen LogP contribution in [-0.2, 0) is 13.2 Å². The Hall–Kier alpha value is -2.99. The number of rotatable bonds is 9. The van der Waals surface area contributed by atoms with E-state index in [0.717, 1.165) is 24.2 Å². The highest BCUT2D eigenvalue weighted by molar-refractivity contribution is 7.07. The van der Waals surface area contributed by atoms with Crippen LogP contribution in [-0.4, -0.2) is 31.1 Å². The molecule has 3 aromatic rings. The fraction of sp³-hybridized carbons (Fsp3) is 0.292. The monoisotopic (exact) mass is 423 g/mol. The van der Waals surface area contributed by atoms with E-state index in [1.54, 1.807) is 37.7 Å². The average Bonchev–Trinajstić information content (AvgIpc) is 3.50. The third-order valence-corrected chi connectivity index (χ3v) is 5.88. The molecule has 0 aliphatic heterocycles. The van der Waals surface area contributed by atoms with Gasteiger partial charge in [0.25, 0.3) is 5.91 Å². The van der Waals surface area contributed by atoms with E-state index in [1.165, 1.54) is 5.56 Å². The molecule has 1 amide bonds. The van der Waals surface area contributed by atoms with Gasteiger partial charge in [-0.25, -0.2) is 0 Å². The summed E-state index contributed by atoms with van der Waals surface area (Å²) in [5.41, 5.74) is 2.77. The van der Waals surface area contributed by atoms with Gasteiger partial charge < -0.3 is 19.1 Å². The summed E-state index contributed by atoms with van der Waals surface area (Å²) in [6.45, 7) is 1.11. The van der Waals surface area contributed by atoms with Crippen molar-refractivity contribution in [2.24, 2.45) is 0 Å². The minimum Gasteiger partial charge on any atom is -0.493 e. The van der Waals surface area contributed by atoms with E-state index in [-0.39, 0.29) is 11.9 Å². The van der Waals surface area contributed by atoms with Crippen LogP contribution in [0.2, 0.25) is 0 Å². The van der Waals surface area contributed by atoms with E-state index in [1.807, 2.05) is 40.6 Å². The highest BCUT2D eigenvalue weighted by Crippen LogP contribution is 2.35. The maximum absolute atomic E-state index is 13.3. The number of carbonyl (C=O) groups is 1. The molecule has 0 unspecified atom stereocenters. The smallest absolute Gasteiger partial charge is 0.258 e. The second kappa shape index (κ2) is 9.22. The van der Waals surface area contributed by atoms with Crippen LogP contribution >= 0.6 is 11.3 Å². The van der Waals surface area contributed by atoms with E-state index >= 15 is 0 Å². The number of amides is 1. The van der Waals surface area contributed by atoms with E-state index in [2.05, 4.69) is 11.4 Å². The molecule has 30 heavy (non-hydrogen) atoms. The fourth-order valence-electron chi connectivity index (χ4n) is 3.39. The maximum Gasteiger partial charge on any atom is 0.258 e. The van der Waals surface area contributed by atoms with E-state index < -0.39 is 0 Å². The van der Waals surface area contributed by atoms with Crippen LogP contribution in [0.4, 0.5) is 0 Å². The summed E-state index contributed by atoms with van der Waals surface area (Å²) in [5, 5.41) is 4.13. The van der Waals surface area contributed by atoms with Gasteiger partial charge in [-0.15, -0.1) is 0 Å². The Morgan fingerprint density at radius 2 is 1.83 bits per heavy atom. The summed E-state index contributed by atoms with van der Waals surface area (Å²) in [6, 6.07) is 15.7. The van der Waals surface area contributed by atoms with Gasteiger partial charge in [0.05, 0.1) is 19.8 Å². The fourth-order valence-corrected chi connectivity index (χ4v) is 4.05. The van der Waals surface area contributed by atoms with Crippen molar-refractivity contribution in [1.29, 1.82) is 0 Å². The first kappa shape index (κ1) is 20.3. The molecule has 0 radical (unpaired) electrons. The molecule has 0 atom stereocenters. The zero-order chi connectivity index (χ0) is 20.9. The Balaban J connectivity index is 1.47. The van der Waals surface area contributed by atoms with Crippen LogP contribution in [0.25, 0.3) is 0 Å². The van der Waals surface area contributed by atoms with Crippen LogP contribution in [0, 0.1) is 0 Å². The molecule has 1 fully saturated rings. The molecule has 6 heteroatoms. The van der Waals surface area contributed by atoms with Crippen LogP contribution in [0.15, 0.2) is 59.3 Å². The number of hydrogen-bond donors (Lipinski definition) is 0. The van der Waals surface area contributed by atoms with E-state index in [0.29, 0.717) is 30.2 Å². The predicted octanol–water partition coefficient (Wildman–Crippen LogP) is 5.15. The molecule has 0 saturated heterocycles. The lowest BCUT2D eigenvalue weighted by molar-refractivity contribution is 0.0726. The zero-order valence-electron chi connectivity index (χ0n) is 17.2. The van der Waals surface area contributed by atoms with Crippen molar-refractivity contribution in [3.63, 3.8) is 0 Å². The largest absolute Gasteiger partial charge is 0.493 e. The molecule has 1 aliphatic rings. The first-order chi connectivity index (χ1) is 14.7. The summed E-state index contributed by atoms with van der Waals surface area (Å²) < 4.78 is 16.7. The molecule has 0 bridgehead atoms. The number of methoxy groups -OCH3 is 2. The van der Waals surface area contributed by atoms with Gasteiger partial charge in [-0.05, 0) is 65.1 Å². The lowest BCUT2D eigenvalue weighted by Crippen LogP contribution is -2.32. The van der Waals surface area contributed by atoms with E-state index in [9.17, 15) is 4.79 Å². The van der Waals surface area contributed by atoms with Crippen LogP contribution in [0.3, 0.4) is 0 Å². The molecule has 0 spiro atoms. The number of ether oxygens (including phenoxy) is 3. The standard InChI is InChI=1S/C24H25NO4S/c1-27-22-5-3-4-21(23(22)28-2)24(26)25(19-8-9-19)14-17-6-10-20(11-7-17)29-15-18-12-13-30-16-18/h3-7,10-13,16,19H,8-9,14-15H2,1-2H3. The van der Waals surface area contributed by atoms with Crippen molar-refractivity contribution in [2.45, 2.75) is 32.0 Å². The zero-order valence-corrected chi connectivity index (χ0v) is 18.0. The van der Waals surface area contributed by atoms with Gasteiger partial charge in [0.15, 0.2) is 11.5 Å². The molecule has 156 valence electrons. The summed E-state index contributed by atoms with van der Waals surface area (Å²) >= 11 is 1.66. The Morgan fingerprint density at radius 1 is 1.03 bits per heavy atom. The minimum absolute atomic E-state index is 0.0361. The summed E-state index contributed by atoms with van der Waals surface area (Å²) in [4.78, 5) is 15.3. The Bertz CT molecular complexity index is 981. The quantitative estimate of drug-likeness (QED) is 0.478. The van der Waals surface area contributed by atoms with Crippen LogP contribution in [0.5, 0.6) is 17.2 Å². The Labute approximate surface area is 180 Å². The van der Waals surface area contributed by atoms with Gasteiger partial charge in [-0.3, -0.25) is 4.79 Å². The first-order valence-corrected chi connectivity index (χ1v) is 10.9. The number of hydrogen-bond acceptors (Lipinski definition) is 5. The van der Waals surface area contributed by atoms with Gasteiger partial charge in [0.2, 0.25) is 0 Å². The lowest BCUT2D eigenvalue weighted by Gasteiger charge is -2.24. The number of carbonyl (C=O) groups excluding carboxylic acids is 1. The molecular formula is C24H25NO4S. The Kier molecular flexibility index (Phi) is 6.23. The molecule has 1 saturated carbocycles. The highest BCUT2D eigenvalue weighted by Gasteiger charge is 2.34. The lowest BCUT2D eigenvalue weighted by atomic mass is 10.1. The molecular weight excluding hydrogens is 398 g/mol. The second-order valence-corrected chi connectivity index (χ2v) is 8.05.